The number of halogens is 1. The molecule has 0 atom stereocenters. The van der Waals surface area contributed by atoms with Crippen LogP contribution in [0.1, 0.15) is 11.5 Å². The van der Waals surface area contributed by atoms with Gasteiger partial charge in [0.25, 0.3) is 0 Å². The Morgan fingerprint density at radius 3 is 2.84 bits per heavy atom. The summed E-state index contributed by atoms with van der Waals surface area (Å²) in [6, 6.07) is 0. The summed E-state index contributed by atoms with van der Waals surface area (Å²) in [6.45, 7) is 3.60. The standard InChI is InChI=1S/C12H15ClN6/c1-9-11-12(17(2)16-9)19(10(7-13)15-11)6-5-18-4-3-14-8-18/h3-4,8H,5-7H2,1-2H3. The molecule has 3 rings (SSSR count). The first-order valence-corrected chi connectivity index (χ1v) is 6.64. The molecule has 0 saturated heterocycles. The van der Waals surface area contributed by atoms with E-state index in [1.165, 1.54) is 0 Å². The van der Waals surface area contributed by atoms with Crippen molar-refractivity contribution in [2.45, 2.75) is 25.9 Å². The van der Waals surface area contributed by atoms with Gasteiger partial charge in [-0.25, -0.2) is 9.97 Å². The predicted octanol–water partition coefficient (Wildman–Crippen LogP) is 1.71. The summed E-state index contributed by atoms with van der Waals surface area (Å²) in [7, 11) is 1.93. The first-order chi connectivity index (χ1) is 9.20. The van der Waals surface area contributed by atoms with Crippen LogP contribution < -0.4 is 0 Å². The molecule has 0 aliphatic rings. The van der Waals surface area contributed by atoms with Crippen molar-refractivity contribution in [2.24, 2.45) is 7.05 Å². The number of aromatic nitrogens is 6. The average molecular weight is 279 g/mol. The molecule has 100 valence electrons. The maximum atomic E-state index is 5.99. The fourth-order valence-electron chi connectivity index (χ4n) is 2.35. The van der Waals surface area contributed by atoms with E-state index in [0.29, 0.717) is 5.88 Å². The van der Waals surface area contributed by atoms with Crippen LogP contribution in [-0.2, 0) is 26.0 Å². The summed E-state index contributed by atoms with van der Waals surface area (Å²) >= 11 is 5.99. The molecule has 7 heteroatoms. The number of fused-ring (bicyclic) bond motifs is 1. The van der Waals surface area contributed by atoms with E-state index in [1.54, 1.807) is 6.20 Å². The first kappa shape index (κ1) is 12.2. The van der Waals surface area contributed by atoms with Crippen molar-refractivity contribution in [3.8, 4) is 0 Å². The van der Waals surface area contributed by atoms with Gasteiger partial charge in [0.2, 0.25) is 0 Å². The molecular formula is C12H15ClN6. The molecule has 0 fully saturated rings. The van der Waals surface area contributed by atoms with Crippen molar-refractivity contribution in [2.75, 3.05) is 0 Å². The number of hydrogen-bond donors (Lipinski definition) is 0. The molecule has 0 saturated carbocycles. The normalized spacial score (nSPS) is 11.5. The third-order valence-electron chi connectivity index (χ3n) is 3.23. The minimum atomic E-state index is 0.401. The van der Waals surface area contributed by atoms with Crippen molar-refractivity contribution in [3.63, 3.8) is 0 Å². The Morgan fingerprint density at radius 2 is 2.16 bits per heavy atom. The van der Waals surface area contributed by atoms with Crippen LogP contribution in [0.5, 0.6) is 0 Å². The summed E-state index contributed by atoms with van der Waals surface area (Å²) in [4.78, 5) is 8.62. The second-order valence-corrected chi connectivity index (χ2v) is 4.76. The second kappa shape index (κ2) is 4.70. The quantitative estimate of drug-likeness (QED) is 0.683. The second-order valence-electron chi connectivity index (χ2n) is 4.50. The molecular weight excluding hydrogens is 264 g/mol. The van der Waals surface area contributed by atoms with Gasteiger partial charge in [0.15, 0.2) is 5.65 Å². The van der Waals surface area contributed by atoms with Crippen LogP contribution in [0.15, 0.2) is 18.7 Å². The van der Waals surface area contributed by atoms with E-state index in [2.05, 4.69) is 19.6 Å². The van der Waals surface area contributed by atoms with E-state index in [9.17, 15) is 0 Å². The highest BCUT2D eigenvalue weighted by molar-refractivity contribution is 6.16. The van der Waals surface area contributed by atoms with E-state index in [-0.39, 0.29) is 0 Å². The predicted molar refractivity (Wildman–Crippen MR) is 73.0 cm³/mol. The minimum Gasteiger partial charge on any atom is -0.336 e. The number of imidazole rings is 2. The highest BCUT2D eigenvalue weighted by atomic mass is 35.5. The smallest absolute Gasteiger partial charge is 0.158 e. The lowest BCUT2D eigenvalue weighted by Crippen LogP contribution is -2.11. The Hall–Kier alpha value is -1.82. The Labute approximate surface area is 115 Å². The zero-order chi connectivity index (χ0) is 13.4. The zero-order valence-corrected chi connectivity index (χ0v) is 11.7. The van der Waals surface area contributed by atoms with Crippen LogP contribution >= 0.6 is 11.6 Å². The van der Waals surface area contributed by atoms with Gasteiger partial charge in [-0.2, -0.15) is 5.10 Å². The molecule has 0 spiro atoms. The highest BCUT2D eigenvalue weighted by Gasteiger charge is 2.16. The molecule has 0 N–H and O–H groups in total. The van der Waals surface area contributed by atoms with E-state index in [1.807, 2.05) is 35.7 Å². The largest absolute Gasteiger partial charge is 0.336 e. The summed E-state index contributed by atoms with van der Waals surface area (Å²) in [5, 5.41) is 4.40. The molecule has 0 radical (unpaired) electrons. The van der Waals surface area contributed by atoms with Gasteiger partial charge in [0.05, 0.1) is 17.9 Å². The molecule has 0 bridgehead atoms. The van der Waals surface area contributed by atoms with Gasteiger partial charge in [0, 0.05) is 32.5 Å². The van der Waals surface area contributed by atoms with Crippen molar-refractivity contribution in [1.29, 1.82) is 0 Å². The number of aryl methyl sites for hydroxylation is 4. The van der Waals surface area contributed by atoms with E-state index in [0.717, 1.165) is 35.8 Å². The van der Waals surface area contributed by atoms with E-state index in [4.69, 9.17) is 11.6 Å². The SMILES string of the molecule is Cc1nn(C)c2c1nc(CCl)n2CCn1ccnc1. The number of rotatable bonds is 4. The maximum Gasteiger partial charge on any atom is 0.158 e. The molecule has 3 heterocycles. The Kier molecular flexibility index (Phi) is 3.02. The van der Waals surface area contributed by atoms with Crippen LogP contribution in [0.2, 0.25) is 0 Å². The lowest BCUT2D eigenvalue weighted by molar-refractivity contribution is 0.564. The Balaban J connectivity index is 2.00. The monoisotopic (exact) mass is 278 g/mol. The molecule has 6 nitrogen and oxygen atoms in total. The molecule has 3 aromatic heterocycles. The van der Waals surface area contributed by atoms with Gasteiger partial charge in [0.1, 0.15) is 11.3 Å². The highest BCUT2D eigenvalue weighted by Crippen LogP contribution is 2.20. The number of nitrogens with zero attached hydrogens (tertiary/aromatic N) is 6. The fraction of sp³-hybridized carbons (Fsp3) is 0.417. The molecule has 3 aromatic rings. The minimum absolute atomic E-state index is 0.401. The van der Waals surface area contributed by atoms with Gasteiger partial charge in [-0.05, 0) is 6.92 Å². The lowest BCUT2D eigenvalue weighted by Gasteiger charge is -2.08. The van der Waals surface area contributed by atoms with Gasteiger partial charge >= 0.3 is 0 Å². The summed E-state index contributed by atoms with van der Waals surface area (Å²) in [5.74, 6) is 1.28. The third kappa shape index (κ3) is 2.02. The third-order valence-corrected chi connectivity index (χ3v) is 3.47. The van der Waals surface area contributed by atoms with Gasteiger partial charge in [-0.15, -0.1) is 11.6 Å². The van der Waals surface area contributed by atoms with Crippen molar-refractivity contribution in [3.05, 3.63) is 30.2 Å². The zero-order valence-electron chi connectivity index (χ0n) is 10.9. The molecule has 0 aromatic carbocycles. The van der Waals surface area contributed by atoms with Crippen molar-refractivity contribution < 1.29 is 0 Å². The van der Waals surface area contributed by atoms with Crippen LogP contribution in [0.4, 0.5) is 0 Å². The molecule has 0 aliphatic heterocycles. The summed E-state index contributed by atoms with van der Waals surface area (Å²) in [6.07, 6.45) is 5.53. The topological polar surface area (TPSA) is 53.5 Å². The summed E-state index contributed by atoms with van der Waals surface area (Å²) in [5.41, 5.74) is 2.89. The lowest BCUT2D eigenvalue weighted by atomic mass is 10.4. The van der Waals surface area contributed by atoms with Crippen LogP contribution in [0.25, 0.3) is 11.2 Å². The summed E-state index contributed by atoms with van der Waals surface area (Å²) < 4.78 is 6.02. The first-order valence-electron chi connectivity index (χ1n) is 6.11. The maximum absolute atomic E-state index is 5.99. The molecule has 0 aliphatic carbocycles. The Morgan fingerprint density at radius 1 is 1.32 bits per heavy atom. The molecule has 19 heavy (non-hydrogen) atoms. The fourth-order valence-corrected chi connectivity index (χ4v) is 2.56. The van der Waals surface area contributed by atoms with Crippen LogP contribution in [0, 0.1) is 6.92 Å². The molecule has 0 amide bonds. The van der Waals surface area contributed by atoms with Crippen LogP contribution in [-0.4, -0.2) is 28.9 Å². The van der Waals surface area contributed by atoms with Crippen molar-refractivity contribution in [1.82, 2.24) is 28.9 Å². The Bertz CT molecular complexity index is 694. The number of hydrogen-bond acceptors (Lipinski definition) is 3. The van der Waals surface area contributed by atoms with Crippen LogP contribution in [0.3, 0.4) is 0 Å². The van der Waals surface area contributed by atoms with E-state index < -0.39 is 0 Å². The van der Waals surface area contributed by atoms with Crippen molar-refractivity contribution >= 4 is 22.8 Å². The average Bonchev–Trinajstić information content (AvgIpc) is 3.07. The van der Waals surface area contributed by atoms with Gasteiger partial charge in [-0.3, -0.25) is 4.68 Å². The van der Waals surface area contributed by atoms with E-state index >= 15 is 0 Å². The molecule has 0 unspecified atom stereocenters. The van der Waals surface area contributed by atoms with Gasteiger partial charge < -0.3 is 9.13 Å². The van der Waals surface area contributed by atoms with Gasteiger partial charge in [-0.1, -0.05) is 0 Å². The number of alkyl halides is 1.